The third-order valence-corrected chi connectivity index (χ3v) is 1.36. The number of anilines is 1. The van der Waals surface area contributed by atoms with Crippen LogP contribution in [0.25, 0.3) is 5.65 Å². The fourth-order valence-electron chi connectivity index (χ4n) is 0.916. The molecular weight excluding hydrogens is 144 g/mol. The van der Waals surface area contributed by atoms with Crippen molar-refractivity contribution in [2.45, 2.75) is 0 Å². The predicted molar refractivity (Wildman–Crippen MR) is 39.1 cm³/mol. The Balaban J connectivity index is 2.91. The van der Waals surface area contributed by atoms with E-state index in [1.54, 1.807) is 12.3 Å². The Morgan fingerprint density at radius 3 is 3.18 bits per heavy atom. The van der Waals surface area contributed by atoms with Crippen LogP contribution in [0.1, 0.15) is 0 Å². The van der Waals surface area contributed by atoms with E-state index < -0.39 is 0 Å². The fourth-order valence-corrected chi connectivity index (χ4v) is 0.916. The van der Waals surface area contributed by atoms with Crippen LogP contribution in [0.15, 0.2) is 18.3 Å². The summed E-state index contributed by atoms with van der Waals surface area (Å²) in [4.78, 5) is 3.91. The number of nitrogens with two attached hydrogens (primary N) is 1. The maximum Gasteiger partial charge on any atom is 0.217 e. The number of hydrogen-bond acceptors (Lipinski definition) is 4. The zero-order chi connectivity index (χ0) is 7.84. The van der Waals surface area contributed by atoms with Crippen molar-refractivity contribution in [2.24, 2.45) is 0 Å². The Hall–Kier alpha value is -1.78. The first-order chi connectivity index (χ1) is 5.27. The average molecular weight is 150 g/mol. The highest BCUT2D eigenvalue weighted by atomic mass is 16.3. The van der Waals surface area contributed by atoms with Gasteiger partial charge in [0.2, 0.25) is 5.88 Å². The molecule has 3 N–H and O–H groups in total. The fraction of sp³-hybridized carbons (Fsp3) is 0. The molecule has 0 aliphatic rings. The highest BCUT2D eigenvalue weighted by molar-refractivity contribution is 5.46. The normalized spacial score (nSPS) is 10.5. The van der Waals surface area contributed by atoms with Gasteiger partial charge in [-0.3, -0.25) is 0 Å². The molecule has 0 aromatic carbocycles. The second kappa shape index (κ2) is 1.85. The molecule has 5 heteroatoms. The van der Waals surface area contributed by atoms with Crippen LogP contribution >= 0.6 is 0 Å². The minimum atomic E-state index is -0.00231. The van der Waals surface area contributed by atoms with Crippen LogP contribution in [0.3, 0.4) is 0 Å². The van der Waals surface area contributed by atoms with Gasteiger partial charge >= 0.3 is 0 Å². The van der Waals surface area contributed by atoms with Crippen LogP contribution in [0.5, 0.6) is 5.88 Å². The zero-order valence-corrected chi connectivity index (χ0v) is 5.60. The smallest absolute Gasteiger partial charge is 0.217 e. The first-order valence-electron chi connectivity index (χ1n) is 3.06. The maximum atomic E-state index is 9.22. The van der Waals surface area contributed by atoms with E-state index in [1.807, 2.05) is 0 Å². The largest absolute Gasteiger partial charge is 0.493 e. The minimum Gasteiger partial charge on any atom is -0.493 e. The van der Waals surface area contributed by atoms with E-state index >= 15 is 0 Å². The molecule has 0 atom stereocenters. The first kappa shape index (κ1) is 5.96. The van der Waals surface area contributed by atoms with Gasteiger partial charge in [0.15, 0.2) is 5.65 Å². The van der Waals surface area contributed by atoms with E-state index in [4.69, 9.17) is 5.73 Å². The molecule has 5 nitrogen and oxygen atoms in total. The molecule has 0 saturated carbocycles. The minimum absolute atomic E-state index is 0.00231. The van der Waals surface area contributed by atoms with Gasteiger partial charge in [-0.2, -0.15) is 9.61 Å². The number of aromatic nitrogens is 3. The highest BCUT2D eigenvalue weighted by Gasteiger charge is 2.00. The lowest BCUT2D eigenvalue weighted by Gasteiger charge is -1.97. The van der Waals surface area contributed by atoms with Crippen molar-refractivity contribution in [1.29, 1.82) is 0 Å². The second-order valence-corrected chi connectivity index (χ2v) is 2.14. The van der Waals surface area contributed by atoms with Crippen molar-refractivity contribution in [1.82, 2.24) is 14.6 Å². The van der Waals surface area contributed by atoms with Crippen molar-refractivity contribution in [3.63, 3.8) is 0 Å². The van der Waals surface area contributed by atoms with Gasteiger partial charge in [0, 0.05) is 12.1 Å². The van der Waals surface area contributed by atoms with Gasteiger partial charge in [0.1, 0.15) is 5.82 Å². The molecule has 56 valence electrons. The molecule has 0 fully saturated rings. The number of hydrogen-bond donors (Lipinski definition) is 2. The Kier molecular flexibility index (Phi) is 1.00. The quantitative estimate of drug-likeness (QED) is 0.555. The first-order valence-corrected chi connectivity index (χ1v) is 3.06. The van der Waals surface area contributed by atoms with Gasteiger partial charge in [-0.05, 0) is 0 Å². The maximum absolute atomic E-state index is 9.22. The van der Waals surface area contributed by atoms with E-state index in [-0.39, 0.29) is 11.7 Å². The average Bonchev–Trinajstić information content (AvgIpc) is 2.34. The van der Waals surface area contributed by atoms with Crippen LogP contribution in [0.2, 0.25) is 0 Å². The van der Waals surface area contributed by atoms with Gasteiger partial charge in [0.25, 0.3) is 0 Å². The number of nitrogen functional groups attached to an aromatic ring is 1. The van der Waals surface area contributed by atoms with Gasteiger partial charge in [-0.1, -0.05) is 0 Å². The molecule has 2 rings (SSSR count). The number of fused-ring (bicyclic) bond motifs is 1. The third kappa shape index (κ3) is 0.778. The van der Waals surface area contributed by atoms with E-state index in [1.165, 1.54) is 10.6 Å². The summed E-state index contributed by atoms with van der Waals surface area (Å²) in [5.41, 5.74) is 5.92. The standard InChI is InChI=1S/C6H6N4O/c7-4-3-6(11)10-5(9-4)1-2-8-10/h1-3,11H,(H2,7,9). The van der Waals surface area contributed by atoms with Gasteiger partial charge in [-0.15, -0.1) is 0 Å². The van der Waals surface area contributed by atoms with Crippen LogP contribution in [0, 0.1) is 0 Å². The Bertz CT molecular complexity index is 394. The molecule has 2 aromatic heterocycles. The summed E-state index contributed by atoms with van der Waals surface area (Å²) in [5, 5.41) is 13.0. The number of nitrogens with zero attached hydrogens (tertiary/aromatic N) is 3. The van der Waals surface area contributed by atoms with Crippen molar-refractivity contribution in [3.8, 4) is 5.88 Å². The summed E-state index contributed by atoms with van der Waals surface area (Å²) in [7, 11) is 0. The lowest BCUT2D eigenvalue weighted by Crippen LogP contribution is -1.95. The van der Waals surface area contributed by atoms with Crippen molar-refractivity contribution < 1.29 is 5.11 Å². The molecular formula is C6H6N4O. The molecule has 0 amide bonds. The molecule has 0 saturated heterocycles. The number of rotatable bonds is 0. The zero-order valence-electron chi connectivity index (χ0n) is 5.60. The molecule has 0 spiro atoms. The van der Waals surface area contributed by atoms with Crippen molar-refractivity contribution in [2.75, 3.05) is 5.73 Å². The monoisotopic (exact) mass is 150 g/mol. The topological polar surface area (TPSA) is 76.4 Å². The summed E-state index contributed by atoms with van der Waals surface area (Å²) >= 11 is 0. The molecule has 11 heavy (non-hydrogen) atoms. The highest BCUT2D eigenvalue weighted by Crippen LogP contribution is 2.12. The van der Waals surface area contributed by atoms with Gasteiger partial charge in [-0.25, -0.2) is 4.98 Å². The second-order valence-electron chi connectivity index (χ2n) is 2.14. The van der Waals surface area contributed by atoms with E-state index in [0.717, 1.165) is 0 Å². The lowest BCUT2D eigenvalue weighted by atomic mass is 10.5. The van der Waals surface area contributed by atoms with E-state index in [0.29, 0.717) is 5.65 Å². The molecule has 0 bridgehead atoms. The summed E-state index contributed by atoms with van der Waals surface area (Å²) in [6.45, 7) is 0. The van der Waals surface area contributed by atoms with Crippen LogP contribution < -0.4 is 5.73 Å². The SMILES string of the molecule is Nc1cc(O)n2nccc2n1. The van der Waals surface area contributed by atoms with Crippen molar-refractivity contribution in [3.05, 3.63) is 18.3 Å². The van der Waals surface area contributed by atoms with Crippen LogP contribution in [-0.4, -0.2) is 19.7 Å². The summed E-state index contributed by atoms with van der Waals surface area (Å²) in [5.74, 6) is 0.285. The summed E-state index contributed by atoms with van der Waals surface area (Å²) in [6, 6.07) is 3.01. The van der Waals surface area contributed by atoms with Crippen molar-refractivity contribution >= 4 is 11.5 Å². The van der Waals surface area contributed by atoms with Gasteiger partial charge < -0.3 is 10.8 Å². The third-order valence-electron chi connectivity index (χ3n) is 1.36. The molecule has 2 heterocycles. The summed E-state index contributed by atoms with van der Waals surface area (Å²) in [6.07, 6.45) is 1.54. The Morgan fingerprint density at radius 1 is 1.55 bits per heavy atom. The molecule has 2 aromatic rings. The molecule has 0 aliphatic heterocycles. The predicted octanol–water partition coefficient (Wildman–Crippen LogP) is 0.0171. The van der Waals surface area contributed by atoms with Crippen LogP contribution in [-0.2, 0) is 0 Å². The van der Waals surface area contributed by atoms with E-state index in [9.17, 15) is 5.11 Å². The van der Waals surface area contributed by atoms with E-state index in [2.05, 4.69) is 10.1 Å². The Morgan fingerprint density at radius 2 is 2.36 bits per heavy atom. The molecule has 0 radical (unpaired) electrons. The Labute approximate surface area is 62.1 Å². The number of aromatic hydroxyl groups is 1. The van der Waals surface area contributed by atoms with Gasteiger partial charge in [0.05, 0.1) is 6.20 Å². The molecule has 0 unspecified atom stereocenters. The lowest BCUT2D eigenvalue weighted by molar-refractivity contribution is 0.436. The van der Waals surface area contributed by atoms with Crippen LogP contribution in [0.4, 0.5) is 5.82 Å². The summed E-state index contributed by atoms with van der Waals surface area (Å²) < 4.78 is 1.30. The molecule has 0 aliphatic carbocycles.